The molecule has 1 aromatic heterocycles. The van der Waals surface area contributed by atoms with Crippen LogP contribution in [0, 0.1) is 12.8 Å². The molecule has 158 valence electrons. The average molecular weight is 437 g/mol. The summed E-state index contributed by atoms with van der Waals surface area (Å²) in [6.45, 7) is 7.04. The zero-order valence-corrected chi connectivity index (χ0v) is 18.7. The minimum atomic E-state index is -3.54. The monoisotopic (exact) mass is 436 g/mol. The van der Waals surface area contributed by atoms with E-state index in [4.69, 9.17) is 4.74 Å². The molecule has 1 N–H and O–H groups in total. The molecule has 6 nitrogen and oxygen atoms in total. The van der Waals surface area contributed by atoms with Crippen LogP contribution < -0.4 is 10.1 Å². The summed E-state index contributed by atoms with van der Waals surface area (Å²) in [5, 5.41) is 3.03. The fraction of sp³-hybridized carbons (Fsp3) is 0.476. The molecular formula is C21H28N2O4S2. The highest BCUT2D eigenvalue weighted by Crippen LogP contribution is 2.28. The molecule has 0 radical (unpaired) electrons. The summed E-state index contributed by atoms with van der Waals surface area (Å²) in [5.74, 6) is 0.352. The molecule has 0 aliphatic carbocycles. The number of hydrogen-bond donors (Lipinski definition) is 1. The van der Waals surface area contributed by atoms with Gasteiger partial charge in [0.25, 0.3) is 10.0 Å². The highest BCUT2D eigenvalue weighted by Gasteiger charge is 2.34. The Bertz CT molecular complexity index is 938. The lowest BCUT2D eigenvalue weighted by Gasteiger charge is -2.31. The van der Waals surface area contributed by atoms with Crippen LogP contribution in [0.2, 0.25) is 0 Å². The van der Waals surface area contributed by atoms with Gasteiger partial charge in [-0.15, -0.1) is 11.3 Å². The molecule has 3 rings (SSSR count). The first kappa shape index (κ1) is 21.8. The summed E-state index contributed by atoms with van der Waals surface area (Å²) in [6.07, 6.45) is 1.37. The van der Waals surface area contributed by atoms with Crippen LogP contribution in [0.25, 0.3) is 0 Å². The number of carbonyl (C=O) groups is 1. The first-order chi connectivity index (χ1) is 13.8. The van der Waals surface area contributed by atoms with E-state index in [1.807, 2.05) is 51.1 Å². The molecule has 0 spiro atoms. The normalized spacial score (nSPS) is 18.9. The topological polar surface area (TPSA) is 75.7 Å². The predicted molar refractivity (Wildman–Crippen MR) is 115 cm³/mol. The van der Waals surface area contributed by atoms with Crippen molar-refractivity contribution in [2.45, 2.75) is 43.9 Å². The Balaban J connectivity index is 1.63. The maximum atomic E-state index is 12.9. The largest absolute Gasteiger partial charge is 0.494 e. The molecule has 0 bridgehead atoms. The summed E-state index contributed by atoms with van der Waals surface area (Å²) in [6, 6.07) is 10.9. The number of piperidine rings is 1. The van der Waals surface area contributed by atoms with E-state index in [1.165, 1.54) is 15.6 Å². The fourth-order valence-electron chi connectivity index (χ4n) is 3.49. The minimum absolute atomic E-state index is 0.103. The van der Waals surface area contributed by atoms with Crippen LogP contribution in [0.4, 0.5) is 0 Å². The molecule has 1 saturated heterocycles. The molecule has 1 aliphatic rings. The molecule has 1 fully saturated rings. The van der Waals surface area contributed by atoms with Crippen LogP contribution >= 0.6 is 11.3 Å². The Kier molecular flexibility index (Phi) is 6.97. The van der Waals surface area contributed by atoms with Crippen molar-refractivity contribution in [2.75, 3.05) is 19.7 Å². The van der Waals surface area contributed by atoms with E-state index < -0.39 is 10.0 Å². The highest BCUT2D eigenvalue weighted by atomic mass is 32.2. The number of amides is 1. The van der Waals surface area contributed by atoms with Crippen molar-refractivity contribution >= 4 is 27.3 Å². The van der Waals surface area contributed by atoms with E-state index in [0.717, 1.165) is 16.2 Å². The summed E-state index contributed by atoms with van der Waals surface area (Å²) in [7, 11) is -3.54. The Morgan fingerprint density at radius 3 is 2.62 bits per heavy atom. The fourth-order valence-corrected chi connectivity index (χ4v) is 6.45. The molecule has 2 heterocycles. The molecule has 1 aromatic carbocycles. The van der Waals surface area contributed by atoms with Gasteiger partial charge in [-0.05, 0) is 63.4 Å². The number of ether oxygens (including phenoxy) is 1. The predicted octanol–water partition coefficient (Wildman–Crippen LogP) is 3.73. The van der Waals surface area contributed by atoms with Gasteiger partial charge in [0.15, 0.2) is 0 Å². The van der Waals surface area contributed by atoms with E-state index in [9.17, 15) is 13.2 Å². The number of aryl methyl sites for hydroxylation is 1. The van der Waals surface area contributed by atoms with Gasteiger partial charge in [-0.25, -0.2) is 8.42 Å². The third kappa shape index (κ3) is 5.18. The van der Waals surface area contributed by atoms with E-state index in [1.54, 1.807) is 6.07 Å². The van der Waals surface area contributed by atoms with Crippen LogP contribution in [0.1, 0.15) is 43.2 Å². The van der Waals surface area contributed by atoms with Crippen molar-refractivity contribution < 1.29 is 17.9 Å². The lowest BCUT2D eigenvalue weighted by Crippen LogP contribution is -2.45. The van der Waals surface area contributed by atoms with Gasteiger partial charge in [0.05, 0.1) is 18.6 Å². The van der Waals surface area contributed by atoms with Gasteiger partial charge in [0, 0.05) is 18.0 Å². The smallest absolute Gasteiger partial charge is 0.252 e. The number of nitrogens with one attached hydrogen (secondary N) is 1. The van der Waals surface area contributed by atoms with Crippen molar-refractivity contribution in [3.8, 4) is 5.75 Å². The summed E-state index contributed by atoms with van der Waals surface area (Å²) < 4.78 is 33.0. The molecule has 2 aromatic rings. The minimum Gasteiger partial charge on any atom is -0.494 e. The SMILES string of the molecule is CCOc1ccc(C(C)NC(=O)C2CCCN(S(=O)(=O)c3ccc(C)s3)C2)cc1. The zero-order valence-electron chi connectivity index (χ0n) is 17.1. The van der Waals surface area contributed by atoms with E-state index in [2.05, 4.69) is 5.32 Å². The second kappa shape index (κ2) is 9.28. The first-order valence-corrected chi connectivity index (χ1v) is 12.2. The zero-order chi connectivity index (χ0) is 21.0. The Morgan fingerprint density at radius 1 is 1.28 bits per heavy atom. The van der Waals surface area contributed by atoms with Crippen LogP contribution in [-0.2, 0) is 14.8 Å². The molecule has 2 unspecified atom stereocenters. The summed E-state index contributed by atoms with van der Waals surface area (Å²) in [4.78, 5) is 13.8. The maximum Gasteiger partial charge on any atom is 0.252 e. The molecule has 8 heteroatoms. The van der Waals surface area contributed by atoms with Crippen molar-refractivity contribution in [1.82, 2.24) is 9.62 Å². The van der Waals surface area contributed by atoms with Gasteiger partial charge in [-0.3, -0.25) is 4.79 Å². The molecule has 29 heavy (non-hydrogen) atoms. The average Bonchev–Trinajstić information content (AvgIpc) is 3.16. The first-order valence-electron chi connectivity index (χ1n) is 9.91. The third-order valence-corrected chi connectivity index (χ3v) is 8.45. The lowest BCUT2D eigenvalue weighted by atomic mass is 9.98. The number of carbonyl (C=O) groups excluding carboxylic acids is 1. The Labute approximate surface area is 176 Å². The number of nitrogens with zero attached hydrogens (tertiary/aromatic N) is 1. The molecule has 1 amide bonds. The highest BCUT2D eigenvalue weighted by molar-refractivity contribution is 7.91. The Hall–Kier alpha value is -1.90. The quantitative estimate of drug-likeness (QED) is 0.718. The van der Waals surface area contributed by atoms with Gasteiger partial charge < -0.3 is 10.1 Å². The number of thiophene rings is 1. The number of rotatable bonds is 7. The second-order valence-electron chi connectivity index (χ2n) is 7.30. The number of benzene rings is 1. The summed E-state index contributed by atoms with van der Waals surface area (Å²) >= 11 is 1.27. The number of sulfonamides is 1. The van der Waals surface area contributed by atoms with Gasteiger partial charge in [-0.1, -0.05) is 12.1 Å². The molecular weight excluding hydrogens is 408 g/mol. The second-order valence-corrected chi connectivity index (χ2v) is 10.8. The van der Waals surface area contributed by atoms with Gasteiger partial charge in [-0.2, -0.15) is 4.31 Å². The van der Waals surface area contributed by atoms with Crippen LogP contribution in [-0.4, -0.2) is 38.3 Å². The van der Waals surface area contributed by atoms with Crippen LogP contribution in [0.3, 0.4) is 0 Å². The standard InChI is InChI=1S/C21H28N2O4S2/c1-4-27-19-10-8-17(9-11-19)16(3)22-21(24)18-6-5-13-23(14-18)29(25,26)20-12-7-15(2)28-20/h7-12,16,18H,4-6,13-14H2,1-3H3,(H,22,24). The Morgan fingerprint density at radius 2 is 2.00 bits per heavy atom. The van der Waals surface area contributed by atoms with Crippen molar-refractivity contribution in [3.63, 3.8) is 0 Å². The summed E-state index contributed by atoms with van der Waals surface area (Å²) in [5.41, 5.74) is 0.983. The van der Waals surface area contributed by atoms with Crippen molar-refractivity contribution in [1.29, 1.82) is 0 Å². The third-order valence-electron chi connectivity index (χ3n) is 5.11. The number of hydrogen-bond acceptors (Lipinski definition) is 5. The van der Waals surface area contributed by atoms with Crippen LogP contribution in [0.5, 0.6) is 5.75 Å². The van der Waals surface area contributed by atoms with Gasteiger partial charge in [0.1, 0.15) is 9.96 Å². The van der Waals surface area contributed by atoms with E-state index in [-0.39, 0.29) is 24.4 Å². The lowest BCUT2D eigenvalue weighted by molar-refractivity contribution is -0.126. The van der Waals surface area contributed by atoms with Gasteiger partial charge >= 0.3 is 0 Å². The molecule has 1 aliphatic heterocycles. The molecule has 0 saturated carbocycles. The van der Waals surface area contributed by atoms with E-state index in [0.29, 0.717) is 30.2 Å². The van der Waals surface area contributed by atoms with E-state index >= 15 is 0 Å². The van der Waals surface area contributed by atoms with Gasteiger partial charge in [0.2, 0.25) is 5.91 Å². The molecule has 2 atom stereocenters. The van der Waals surface area contributed by atoms with Crippen molar-refractivity contribution in [2.24, 2.45) is 5.92 Å². The maximum absolute atomic E-state index is 12.9. The van der Waals surface area contributed by atoms with Crippen LogP contribution in [0.15, 0.2) is 40.6 Å². The van der Waals surface area contributed by atoms with Crippen molar-refractivity contribution in [3.05, 3.63) is 46.8 Å².